The van der Waals surface area contributed by atoms with E-state index in [2.05, 4.69) is 10.3 Å². The summed E-state index contributed by atoms with van der Waals surface area (Å²) in [6, 6.07) is 13.4. The highest BCUT2D eigenvalue weighted by molar-refractivity contribution is 7.15. The summed E-state index contributed by atoms with van der Waals surface area (Å²) in [6.45, 7) is 1.89. The smallest absolute Gasteiger partial charge is 0.229 e. The number of carbonyl (C=O) groups excluding carboxylic acids is 1. The van der Waals surface area contributed by atoms with E-state index in [0.29, 0.717) is 5.69 Å². The van der Waals surface area contributed by atoms with Gasteiger partial charge in [0.2, 0.25) is 5.91 Å². The molecule has 1 amide bonds. The molecule has 1 heterocycles. The molecule has 0 unspecified atom stereocenters. The van der Waals surface area contributed by atoms with Crippen LogP contribution in [0.2, 0.25) is 0 Å². The second-order valence-electron chi connectivity index (χ2n) is 5.49. The van der Waals surface area contributed by atoms with Crippen molar-refractivity contribution in [1.29, 1.82) is 0 Å². The summed E-state index contributed by atoms with van der Waals surface area (Å²) in [7, 11) is 1.63. The van der Waals surface area contributed by atoms with Crippen LogP contribution in [-0.4, -0.2) is 18.0 Å². The summed E-state index contributed by atoms with van der Waals surface area (Å²) in [5, 5.41) is 3.63. The lowest BCUT2D eigenvalue weighted by Crippen LogP contribution is -2.14. The van der Waals surface area contributed by atoms with Crippen LogP contribution >= 0.6 is 11.3 Å². The number of ether oxygens (including phenoxy) is 1. The van der Waals surface area contributed by atoms with Gasteiger partial charge in [-0.3, -0.25) is 4.79 Å². The lowest BCUT2D eigenvalue weighted by Gasteiger charge is -2.04. The Bertz CT molecular complexity index is 873. The van der Waals surface area contributed by atoms with Gasteiger partial charge in [0.1, 0.15) is 16.6 Å². The highest BCUT2D eigenvalue weighted by atomic mass is 32.1. The number of aromatic nitrogens is 1. The lowest BCUT2D eigenvalue weighted by molar-refractivity contribution is -0.115. The van der Waals surface area contributed by atoms with Crippen molar-refractivity contribution in [2.75, 3.05) is 12.4 Å². The van der Waals surface area contributed by atoms with E-state index in [1.165, 1.54) is 35.6 Å². The maximum Gasteiger partial charge on any atom is 0.229 e. The second kappa shape index (κ2) is 7.44. The molecule has 0 saturated carbocycles. The number of methoxy groups -OCH3 is 1. The van der Waals surface area contributed by atoms with Crippen molar-refractivity contribution in [3.63, 3.8) is 0 Å². The number of halogens is 1. The normalized spacial score (nSPS) is 10.5. The highest BCUT2D eigenvalue weighted by Gasteiger charge is 2.13. The number of nitrogens with zero attached hydrogens (tertiary/aromatic N) is 1. The van der Waals surface area contributed by atoms with Gasteiger partial charge in [-0.05, 0) is 55.5 Å². The number of hydrogen-bond donors (Lipinski definition) is 1. The van der Waals surface area contributed by atoms with E-state index in [1.54, 1.807) is 7.11 Å². The van der Waals surface area contributed by atoms with Gasteiger partial charge in [0.25, 0.3) is 0 Å². The molecule has 0 aliphatic carbocycles. The second-order valence-corrected chi connectivity index (χ2v) is 6.57. The minimum atomic E-state index is -0.333. The number of amides is 1. The number of carbonyl (C=O) groups is 1. The van der Waals surface area contributed by atoms with E-state index < -0.39 is 0 Å². The Morgan fingerprint density at radius 3 is 2.48 bits per heavy atom. The molecule has 3 rings (SSSR count). The van der Waals surface area contributed by atoms with E-state index in [9.17, 15) is 9.18 Å². The maximum absolute atomic E-state index is 12.9. The zero-order chi connectivity index (χ0) is 17.8. The Morgan fingerprint density at radius 1 is 1.16 bits per heavy atom. The third-order valence-corrected chi connectivity index (χ3v) is 4.89. The van der Waals surface area contributed by atoms with E-state index in [0.717, 1.165) is 26.9 Å². The molecule has 3 aromatic rings. The fourth-order valence-corrected chi connectivity index (χ4v) is 3.40. The van der Waals surface area contributed by atoms with Crippen LogP contribution < -0.4 is 10.1 Å². The van der Waals surface area contributed by atoms with Crippen LogP contribution in [0.4, 0.5) is 10.1 Å². The fourth-order valence-electron chi connectivity index (χ4n) is 2.33. The van der Waals surface area contributed by atoms with Crippen LogP contribution in [0.25, 0.3) is 10.6 Å². The number of rotatable bonds is 5. The third kappa shape index (κ3) is 4.22. The van der Waals surface area contributed by atoms with Crippen LogP contribution in [-0.2, 0) is 11.2 Å². The zero-order valence-electron chi connectivity index (χ0n) is 13.9. The molecular formula is C19H17FN2O2S. The standard InChI is InChI=1S/C19H17FN2O2S/c1-12-17(11-18(23)22-15-7-5-14(20)6-8-15)25-19(21-12)13-3-9-16(24-2)10-4-13/h3-10H,11H2,1-2H3,(H,22,23). The first-order valence-corrected chi connectivity index (χ1v) is 8.53. The largest absolute Gasteiger partial charge is 0.497 e. The van der Waals surface area contributed by atoms with E-state index in [4.69, 9.17) is 4.74 Å². The van der Waals surface area contributed by atoms with Crippen LogP contribution in [0.1, 0.15) is 10.6 Å². The maximum atomic E-state index is 12.9. The Balaban J connectivity index is 1.71. The van der Waals surface area contributed by atoms with Crippen molar-refractivity contribution in [2.24, 2.45) is 0 Å². The van der Waals surface area contributed by atoms with Crippen molar-refractivity contribution in [1.82, 2.24) is 4.98 Å². The zero-order valence-corrected chi connectivity index (χ0v) is 14.7. The Labute approximate surface area is 149 Å². The lowest BCUT2D eigenvalue weighted by atomic mass is 10.2. The minimum absolute atomic E-state index is 0.153. The van der Waals surface area contributed by atoms with Gasteiger partial charge >= 0.3 is 0 Å². The monoisotopic (exact) mass is 356 g/mol. The molecule has 1 N–H and O–H groups in total. The average molecular weight is 356 g/mol. The molecule has 0 saturated heterocycles. The molecule has 25 heavy (non-hydrogen) atoms. The number of benzene rings is 2. The molecule has 0 aliphatic rings. The molecule has 0 bridgehead atoms. The Kier molecular flexibility index (Phi) is 5.09. The molecule has 1 aromatic heterocycles. The molecule has 0 spiro atoms. The number of aryl methyl sites for hydroxylation is 1. The first kappa shape index (κ1) is 17.1. The van der Waals surface area contributed by atoms with Gasteiger partial charge in [0.05, 0.1) is 19.2 Å². The van der Waals surface area contributed by atoms with Crippen molar-refractivity contribution < 1.29 is 13.9 Å². The van der Waals surface area contributed by atoms with Gasteiger partial charge in [-0.2, -0.15) is 0 Å². The van der Waals surface area contributed by atoms with Crippen LogP contribution in [0, 0.1) is 12.7 Å². The molecule has 2 aromatic carbocycles. The van der Waals surface area contributed by atoms with Gasteiger partial charge in [0, 0.05) is 16.1 Å². The minimum Gasteiger partial charge on any atom is -0.497 e. The van der Waals surface area contributed by atoms with Gasteiger partial charge in [-0.15, -0.1) is 11.3 Å². The van der Waals surface area contributed by atoms with Gasteiger partial charge in [0.15, 0.2) is 0 Å². The number of anilines is 1. The van der Waals surface area contributed by atoms with Crippen molar-refractivity contribution in [2.45, 2.75) is 13.3 Å². The highest BCUT2D eigenvalue weighted by Crippen LogP contribution is 2.29. The van der Waals surface area contributed by atoms with Crippen LogP contribution in [0.3, 0.4) is 0 Å². The summed E-state index contributed by atoms with van der Waals surface area (Å²) in [6.07, 6.45) is 0.233. The fraction of sp³-hybridized carbons (Fsp3) is 0.158. The molecular weight excluding hydrogens is 339 g/mol. The number of nitrogens with one attached hydrogen (secondary N) is 1. The van der Waals surface area contributed by atoms with E-state index >= 15 is 0 Å². The van der Waals surface area contributed by atoms with Crippen molar-refractivity contribution in [3.05, 3.63) is 64.9 Å². The van der Waals surface area contributed by atoms with Crippen molar-refractivity contribution in [3.8, 4) is 16.3 Å². The number of thiazole rings is 1. The SMILES string of the molecule is COc1ccc(-c2nc(C)c(CC(=O)Nc3ccc(F)cc3)s2)cc1. The van der Waals surface area contributed by atoms with Crippen LogP contribution in [0.5, 0.6) is 5.75 Å². The topological polar surface area (TPSA) is 51.2 Å². The Hall–Kier alpha value is -2.73. The summed E-state index contributed by atoms with van der Waals surface area (Å²) < 4.78 is 18.1. The quantitative estimate of drug-likeness (QED) is 0.735. The molecule has 6 heteroatoms. The summed E-state index contributed by atoms with van der Waals surface area (Å²) in [5.41, 5.74) is 2.40. The first-order chi connectivity index (χ1) is 12.0. The number of hydrogen-bond acceptors (Lipinski definition) is 4. The molecule has 0 fully saturated rings. The van der Waals surface area contributed by atoms with Gasteiger partial charge < -0.3 is 10.1 Å². The molecule has 4 nitrogen and oxygen atoms in total. The predicted octanol–water partition coefficient (Wildman–Crippen LogP) is 4.45. The molecule has 128 valence electrons. The third-order valence-electron chi connectivity index (χ3n) is 3.68. The average Bonchev–Trinajstić information content (AvgIpc) is 2.97. The van der Waals surface area contributed by atoms with E-state index in [1.807, 2.05) is 31.2 Å². The summed E-state index contributed by atoms with van der Waals surface area (Å²) in [5.74, 6) is 0.302. The van der Waals surface area contributed by atoms with Gasteiger partial charge in [-0.1, -0.05) is 0 Å². The van der Waals surface area contributed by atoms with Gasteiger partial charge in [-0.25, -0.2) is 9.37 Å². The van der Waals surface area contributed by atoms with Crippen molar-refractivity contribution >= 4 is 22.9 Å². The van der Waals surface area contributed by atoms with E-state index in [-0.39, 0.29) is 18.1 Å². The summed E-state index contributed by atoms with van der Waals surface area (Å²) >= 11 is 1.49. The summed E-state index contributed by atoms with van der Waals surface area (Å²) in [4.78, 5) is 17.7. The predicted molar refractivity (Wildman–Crippen MR) is 97.6 cm³/mol. The first-order valence-electron chi connectivity index (χ1n) is 7.71. The molecule has 0 aliphatic heterocycles. The molecule has 0 atom stereocenters. The Morgan fingerprint density at radius 2 is 1.84 bits per heavy atom. The van der Waals surface area contributed by atoms with Crippen LogP contribution in [0.15, 0.2) is 48.5 Å². The molecule has 0 radical (unpaired) electrons.